The highest BCUT2D eigenvalue weighted by Crippen LogP contribution is 2.20. The van der Waals surface area contributed by atoms with Crippen LogP contribution in [0.2, 0.25) is 0 Å². The minimum absolute atomic E-state index is 0.159. The van der Waals surface area contributed by atoms with Crippen molar-refractivity contribution in [2.75, 3.05) is 5.32 Å². The lowest BCUT2D eigenvalue weighted by Crippen LogP contribution is -2.27. The van der Waals surface area contributed by atoms with Gasteiger partial charge in [-0.05, 0) is 35.7 Å². The maximum absolute atomic E-state index is 12.1. The van der Waals surface area contributed by atoms with Crippen molar-refractivity contribution >= 4 is 28.8 Å². The molecule has 2 heterocycles. The van der Waals surface area contributed by atoms with E-state index in [2.05, 4.69) is 10.3 Å². The van der Waals surface area contributed by atoms with E-state index in [-0.39, 0.29) is 18.0 Å². The molecule has 0 bridgehead atoms. The molecule has 0 aliphatic rings. The molecule has 1 aromatic carbocycles. The van der Waals surface area contributed by atoms with Crippen molar-refractivity contribution in [1.82, 2.24) is 9.55 Å². The number of nitrogens with zero attached hydrogens (tertiary/aromatic N) is 2. The number of nitrogens with one attached hydrogen (secondary N) is 1. The van der Waals surface area contributed by atoms with Gasteiger partial charge in [0.15, 0.2) is 0 Å². The Hall–Kier alpha value is -3.26. The minimum atomic E-state index is -0.540. The normalized spacial score (nSPS) is 10.4. The van der Waals surface area contributed by atoms with Crippen LogP contribution in [0.3, 0.4) is 0 Å². The second-order valence-electron chi connectivity index (χ2n) is 5.21. The zero-order valence-corrected chi connectivity index (χ0v) is 13.8. The molecule has 2 amide bonds. The number of aromatic nitrogens is 2. The Kier molecular flexibility index (Phi) is 4.71. The van der Waals surface area contributed by atoms with Crippen molar-refractivity contribution in [1.29, 1.82) is 0 Å². The molecule has 0 radical (unpaired) electrons. The Morgan fingerprint density at radius 2 is 1.96 bits per heavy atom. The molecule has 0 spiro atoms. The predicted molar refractivity (Wildman–Crippen MR) is 95.4 cm³/mol. The number of nitrogens with two attached hydrogens (primary N) is 1. The van der Waals surface area contributed by atoms with Crippen molar-refractivity contribution in [3.8, 4) is 10.6 Å². The molecule has 25 heavy (non-hydrogen) atoms. The summed E-state index contributed by atoms with van der Waals surface area (Å²) in [5.74, 6) is -0.916. The molecule has 0 fully saturated rings. The number of carbonyl (C=O) groups excluding carboxylic acids is 2. The summed E-state index contributed by atoms with van der Waals surface area (Å²) in [5.41, 5.74) is 6.29. The smallest absolute Gasteiger partial charge is 0.254 e. The topological polar surface area (TPSA) is 107 Å². The van der Waals surface area contributed by atoms with Crippen LogP contribution in [0.15, 0.2) is 59.0 Å². The van der Waals surface area contributed by atoms with Crippen molar-refractivity contribution in [3.63, 3.8) is 0 Å². The van der Waals surface area contributed by atoms with E-state index >= 15 is 0 Å². The van der Waals surface area contributed by atoms with Gasteiger partial charge in [0.25, 0.3) is 5.56 Å². The summed E-state index contributed by atoms with van der Waals surface area (Å²) in [5, 5.41) is 4.55. The number of primary amides is 1. The summed E-state index contributed by atoms with van der Waals surface area (Å²) in [6, 6.07) is 11.3. The van der Waals surface area contributed by atoms with Crippen molar-refractivity contribution in [2.24, 2.45) is 5.73 Å². The van der Waals surface area contributed by atoms with Gasteiger partial charge in [0.05, 0.1) is 16.9 Å². The summed E-state index contributed by atoms with van der Waals surface area (Å²) in [7, 11) is 0. The van der Waals surface area contributed by atoms with E-state index in [0.717, 1.165) is 4.88 Å². The summed E-state index contributed by atoms with van der Waals surface area (Å²) < 4.78 is 1.23. The van der Waals surface area contributed by atoms with E-state index in [0.29, 0.717) is 16.9 Å². The van der Waals surface area contributed by atoms with Crippen LogP contribution in [0.25, 0.3) is 10.6 Å². The number of anilines is 1. The number of carbonyl (C=O) groups is 2. The number of amides is 2. The van der Waals surface area contributed by atoms with Gasteiger partial charge in [-0.25, -0.2) is 4.98 Å². The highest BCUT2D eigenvalue weighted by atomic mass is 32.1. The Labute approximate surface area is 146 Å². The second-order valence-corrected chi connectivity index (χ2v) is 6.16. The monoisotopic (exact) mass is 354 g/mol. The standard InChI is InChI=1S/C17H14N4O3S/c18-17(24)11-3-5-12(6-4-11)20-15(22)9-21-10-19-13(8-16(21)23)14-2-1-7-25-14/h1-8,10H,9H2,(H2,18,24)(H,20,22). The summed E-state index contributed by atoms with van der Waals surface area (Å²) in [6.07, 6.45) is 1.35. The van der Waals surface area contributed by atoms with Crippen LogP contribution in [0, 0.1) is 0 Å². The number of benzene rings is 1. The highest BCUT2D eigenvalue weighted by molar-refractivity contribution is 7.13. The van der Waals surface area contributed by atoms with Gasteiger partial charge >= 0.3 is 0 Å². The molecular weight excluding hydrogens is 340 g/mol. The number of rotatable bonds is 5. The third kappa shape index (κ3) is 3.99. The van der Waals surface area contributed by atoms with Crippen molar-refractivity contribution < 1.29 is 9.59 Å². The van der Waals surface area contributed by atoms with Crippen LogP contribution in [-0.4, -0.2) is 21.4 Å². The first-order valence-corrected chi connectivity index (χ1v) is 8.21. The Morgan fingerprint density at radius 3 is 2.56 bits per heavy atom. The van der Waals surface area contributed by atoms with E-state index in [4.69, 9.17) is 5.73 Å². The first-order chi connectivity index (χ1) is 12.0. The van der Waals surface area contributed by atoms with Crippen LogP contribution in [-0.2, 0) is 11.3 Å². The molecule has 3 N–H and O–H groups in total. The largest absolute Gasteiger partial charge is 0.366 e. The zero-order chi connectivity index (χ0) is 17.8. The highest BCUT2D eigenvalue weighted by Gasteiger charge is 2.08. The van der Waals surface area contributed by atoms with Gasteiger partial charge in [-0.2, -0.15) is 0 Å². The fourth-order valence-corrected chi connectivity index (χ4v) is 2.87. The molecule has 3 rings (SSSR count). The van der Waals surface area contributed by atoms with Gasteiger partial charge in [0, 0.05) is 17.3 Å². The van der Waals surface area contributed by atoms with E-state index in [9.17, 15) is 14.4 Å². The van der Waals surface area contributed by atoms with Gasteiger partial charge < -0.3 is 11.1 Å². The van der Waals surface area contributed by atoms with Gasteiger partial charge in [-0.1, -0.05) is 6.07 Å². The molecule has 0 saturated heterocycles. The van der Waals surface area contributed by atoms with E-state index in [1.165, 1.54) is 40.4 Å². The lowest BCUT2D eigenvalue weighted by Gasteiger charge is -2.08. The average molecular weight is 354 g/mol. The van der Waals surface area contributed by atoms with Crippen molar-refractivity contribution in [2.45, 2.75) is 6.54 Å². The molecule has 2 aromatic heterocycles. The maximum Gasteiger partial charge on any atom is 0.254 e. The van der Waals surface area contributed by atoms with Crippen molar-refractivity contribution in [3.05, 3.63) is 70.1 Å². The lowest BCUT2D eigenvalue weighted by atomic mass is 10.2. The Bertz CT molecular complexity index is 962. The molecule has 0 unspecified atom stereocenters. The molecule has 0 saturated carbocycles. The summed E-state index contributed by atoms with van der Waals surface area (Å²) in [4.78, 5) is 40.3. The molecule has 0 atom stereocenters. The van der Waals surface area contributed by atoms with Crippen LogP contribution >= 0.6 is 11.3 Å². The fraction of sp³-hybridized carbons (Fsp3) is 0.0588. The van der Waals surface area contributed by atoms with Gasteiger partial charge in [-0.15, -0.1) is 11.3 Å². The van der Waals surface area contributed by atoms with E-state index in [1.54, 1.807) is 12.1 Å². The van der Waals surface area contributed by atoms with Gasteiger partial charge in [0.1, 0.15) is 6.54 Å². The second kappa shape index (κ2) is 7.10. The number of hydrogen-bond acceptors (Lipinski definition) is 5. The zero-order valence-electron chi connectivity index (χ0n) is 13.0. The Morgan fingerprint density at radius 1 is 1.20 bits per heavy atom. The average Bonchev–Trinajstić information content (AvgIpc) is 3.11. The summed E-state index contributed by atoms with van der Waals surface area (Å²) >= 11 is 1.49. The molecule has 0 aliphatic heterocycles. The maximum atomic E-state index is 12.1. The molecule has 8 heteroatoms. The molecule has 3 aromatic rings. The molecule has 0 aliphatic carbocycles. The van der Waals surface area contributed by atoms with Crippen LogP contribution in [0.1, 0.15) is 10.4 Å². The molecule has 126 valence electrons. The molecule has 7 nitrogen and oxygen atoms in total. The first-order valence-electron chi connectivity index (χ1n) is 7.33. The third-order valence-corrected chi connectivity index (χ3v) is 4.31. The minimum Gasteiger partial charge on any atom is -0.366 e. The third-order valence-electron chi connectivity index (χ3n) is 3.42. The first kappa shape index (κ1) is 16.6. The predicted octanol–water partition coefficient (Wildman–Crippen LogP) is 1.71. The van der Waals surface area contributed by atoms with Crippen LogP contribution in [0.5, 0.6) is 0 Å². The van der Waals surface area contributed by atoms with Gasteiger partial charge in [-0.3, -0.25) is 19.0 Å². The Balaban J connectivity index is 1.68. The SMILES string of the molecule is NC(=O)c1ccc(NC(=O)Cn2cnc(-c3cccs3)cc2=O)cc1. The number of thiophene rings is 1. The molecular formula is C17H14N4O3S. The summed E-state index contributed by atoms with van der Waals surface area (Å²) in [6.45, 7) is -0.159. The lowest BCUT2D eigenvalue weighted by molar-refractivity contribution is -0.116. The van der Waals surface area contributed by atoms with E-state index in [1.807, 2.05) is 17.5 Å². The van der Waals surface area contributed by atoms with Crippen LogP contribution < -0.4 is 16.6 Å². The van der Waals surface area contributed by atoms with Gasteiger partial charge in [0.2, 0.25) is 11.8 Å². The van der Waals surface area contributed by atoms with E-state index < -0.39 is 5.91 Å². The number of hydrogen-bond donors (Lipinski definition) is 2. The quantitative estimate of drug-likeness (QED) is 0.727. The van der Waals surface area contributed by atoms with Crippen LogP contribution in [0.4, 0.5) is 5.69 Å². The fourth-order valence-electron chi connectivity index (χ4n) is 2.18.